The van der Waals surface area contributed by atoms with Crippen LogP contribution in [0.1, 0.15) is 199 Å². The molecule has 2 aliphatic heterocycles. The molecule has 10 aliphatic rings. The van der Waals surface area contributed by atoms with Gasteiger partial charge in [-0.1, -0.05) is 96.3 Å². The zero-order valence-corrected chi connectivity index (χ0v) is 33.8. The van der Waals surface area contributed by atoms with E-state index in [1.807, 2.05) is 0 Å². The quantitative estimate of drug-likeness (QED) is 0.271. The molecule has 2 nitrogen and oxygen atoms in total. The highest BCUT2D eigenvalue weighted by atomic mass is 32.2. The van der Waals surface area contributed by atoms with Crippen molar-refractivity contribution >= 4 is 11.8 Å². The summed E-state index contributed by atoms with van der Waals surface area (Å²) >= 11 is 2.61. The first-order chi connectivity index (χ1) is 25.3. The van der Waals surface area contributed by atoms with E-state index in [1.54, 1.807) is 109 Å². The van der Waals surface area contributed by atoms with Crippen LogP contribution in [0.4, 0.5) is 0 Å². The van der Waals surface area contributed by atoms with Crippen molar-refractivity contribution in [3.8, 4) is 0 Å². The molecule has 0 aromatic heterocycles. The van der Waals surface area contributed by atoms with Crippen LogP contribution in [0.25, 0.3) is 0 Å². The zero-order chi connectivity index (χ0) is 33.7. The highest BCUT2D eigenvalue weighted by Crippen LogP contribution is 2.63. The maximum Gasteiger partial charge on any atom is 0.0621 e. The number of hydrogen-bond acceptors (Lipinski definition) is 3. The standard InChI is InChI=1S/C48H79NOS/c1-3-11-32(12-4-1)34-21-25-37(26-22-34)49(38-27-23-35(24-28-38)33-13-5-2-6-14-33)39-16-9-15-36(31-39)40-18-10-19-41-42-29-30-45-46(48(42)51-47(40)41)43-17-7-8-20-44(43)50-45/h32-48H,1-31H2. The fourth-order valence-electron chi connectivity index (χ4n) is 16.8. The average Bonchev–Trinajstić information content (AvgIpc) is 3.78. The van der Waals surface area contributed by atoms with Crippen molar-refractivity contribution in [1.82, 2.24) is 4.90 Å². The molecule has 2 heterocycles. The number of nitrogens with zero attached hydrogens (tertiary/aromatic N) is 1. The number of fused-ring (bicyclic) bond motifs is 7. The summed E-state index contributed by atoms with van der Waals surface area (Å²) in [7, 11) is 0. The molecular weight excluding hydrogens is 639 g/mol. The number of ether oxygens (including phenoxy) is 1. The summed E-state index contributed by atoms with van der Waals surface area (Å²) in [6.07, 6.45) is 48.7. The third kappa shape index (κ3) is 7.12. The Kier molecular flexibility index (Phi) is 11.2. The Balaban J connectivity index is 0.842. The van der Waals surface area contributed by atoms with Gasteiger partial charge < -0.3 is 4.74 Å². The van der Waals surface area contributed by atoms with E-state index in [2.05, 4.69) is 16.7 Å². The van der Waals surface area contributed by atoms with Crippen molar-refractivity contribution in [2.24, 2.45) is 59.2 Å². The van der Waals surface area contributed by atoms with Crippen molar-refractivity contribution < 1.29 is 4.74 Å². The van der Waals surface area contributed by atoms with Crippen LogP contribution in [0.3, 0.4) is 0 Å². The molecule has 8 saturated carbocycles. The van der Waals surface area contributed by atoms with Gasteiger partial charge >= 0.3 is 0 Å². The van der Waals surface area contributed by atoms with Crippen LogP contribution in [0.2, 0.25) is 0 Å². The second-order valence-corrected chi connectivity index (χ2v) is 22.6. The first-order valence-corrected chi connectivity index (χ1v) is 25.3. The predicted octanol–water partition coefficient (Wildman–Crippen LogP) is 13.0. The summed E-state index contributed by atoms with van der Waals surface area (Å²) < 4.78 is 6.89. The minimum absolute atomic E-state index is 0.625. The predicted molar refractivity (Wildman–Crippen MR) is 215 cm³/mol. The Morgan fingerprint density at radius 1 is 0.333 bits per heavy atom. The lowest BCUT2D eigenvalue weighted by molar-refractivity contribution is -0.0182. The molecule has 0 spiro atoms. The molecule has 2 saturated heterocycles. The molecule has 0 N–H and O–H groups in total. The maximum absolute atomic E-state index is 6.89. The van der Waals surface area contributed by atoms with Crippen molar-refractivity contribution in [2.45, 2.75) is 240 Å². The van der Waals surface area contributed by atoms with Gasteiger partial charge in [0.2, 0.25) is 0 Å². The Morgan fingerprint density at radius 3 is 1.55 bits per heavy atom. The van der Waals surface area contributed by atoms with Gasteiger partial charge in [-0.2, -0.15) is 11.8 Å². The van der Waals surface area contributed by atoms with Crippen molar-refractivity contribution in [3.05, 3.63) is 0 Å². The third-order valence-electron chi connectivity index (χ3n) is 19.1. The second-order valence-electron chi connectivity index (χ2n) is 21.3. The molecule has 0 amide bonds. The van der Waals surface area contributed by atoms with Gasteiger partial charge in [0.15, 0.2) is 0 Å². The molecule has 51 heavy (non-hydrogen) atoms. The molecule has 0 aromatic carbocycles. The van der Waals surface area contributed by atoms with Crippen molar-refractivity contribution in [2.75, 3.05) is 0 Å². The molecule has 11 unspecified atom stereocenters. The third-order valence-corrected chi connectivity index (χ3v) is 21.1. The van der Waals surface area contributed by atoms with E-state index < -0.39 is 0 Å². The van der Waals surface area contributed by atoms with Crippen LogP contribution in [0, 0.1) is 59.2 Å². The molecule has 3 heteroatoms. The molecule has 0 bridgehead atoms. The van der Waals surface area contributed by atoms with Gasteiger partial charge in [0.1, 0.15) is 0 Å². The van der Waals surface area contributed by atoms with Gasteiger partial charge in [-0.15, -0.1) is 0 Å². The number of hydrogen-bond donors (Lipinski definition) is 0. The summed E-state index contributed by atoms with van der Waals surface area (Å²) in [5, 5.41) is 1.94. The van der Waals surface area contributed by atoms with E-state index in [1.165, 1.54) is 89.9 Å². The SMILES string of the molecule is C1CCC(C2CCC(N(C3CCC(C4CCCCC4)CC3)C3CCCC(C4CCCC5C6CCC7OC8CCCCC8C7C6SC45)C3)CC2)CC1. The Morgan fingerprint density at radius 2 is 0.863 bits per heavy atom. The normalized spacial score (nSPS) is 49.9. The van der Waals surface area contributed by atoms with E-state index >= 15 is 0 Å². The molecular formula is C48H79NOS. The van der Waals surface area contributed by atoms with Crippen molar-refractivity contribution in [3.63, 3.8) is 0 Å². The Hall–Kier alpha value is 0.270. The Labute approximate surface area is 319 Å². The van der Waals surface area contributed by atoms with E-state index in [0.717, 1.165) is 87.8 Å². The van der Waals surface area contributed by atoms with Crippen LogP contribution >= 0.6 is 11.8 Å². The van der Waals surface area contributed by atoms with Gasteiger partial charge in [0.25, 0.3) is 0 Å². The van der Waals surface area contributed by atoms with E-state index in [-0.39, 0.29) is 0 Å². The van der Waals surface area contributed by atoms with Gasteiger partial charge in [0, 0.05) is 34.5 Å². The van der Waals surface area contributed by atoms with E-state index in [4.69, 9.17) is 4.74 Å². The van der Waals surface area contributed by atoms with Crippen molar-refractivity contribution in [1.29, 1.82) is 0 Å². The molecule has 10 rings (SSSR count). The summed E-state index contributed by atoms with van der Waals surface area (Å²) in [5.41, 5.74) is 0. The second kappa shape index (κ2) is 16.0. The summed E-state index contributed by atoms with van der Waals surface area (Å²) in [4.78, 5) is 3.38. The number of thioether (sulfide) groups is 1. The van der Waals surface area contributed by atoms with Crippen LogP contribution < -0.4 is 0 Å². The Bertz CT molecular complexity index is 1080. The molecule has 10 fully saturated rings. The lowest BCUT2D eigenvalue weighted by Crippen LogP contribution is -2.54. The largest absolute Gasteiger partial charge is 0.374 e. The van der Waals surface area contributed by atoms with Gasteiger partial charge in [-0.05, 0) is 156 Å². The van der Waals surface area contributed by atoms with E-state index in [0.29, 0.717) is 12.2 Å². The molecule has 11 atom stereocenters. The van der Waals surface area contributed by atoms with Gasteiger partial charge in [-0.3, -0.25) is 4.90 Å². The summed E-state index contributed by atoms with van der Waals surface area (Å²) in [6.45, 7) is 0. The lowest BCUT2D eigenvalue weighted by Gasteiger charge is -2.52. The monoisotopic (exact) mass is 718 g/mol. The topological polar surface area (TPSA) is 12.5 Å². The molecule has 288 valence electrons. The van der Waals surface area contributed by atoms with Crippen LogP contribution in [0.5, 0.6) is 0 Å². The van der Waals surface area contributed by atoms with Crippen LogP contribution in [0.15, 0.2) is 0 Å². The maximum atomic E-state index is 6.89. The summed E-state index contributed by atoms with van der Waals surface area (Å²) in [6, 6.07) is 2.73. The first-order valence-electron chi connectivity index (χ1n) is 24.4. The molecule has 0 radical (unpaired) electrons. The zero-order valence-electron chi connectivity index (χ0n) is 33.0. The van der Waals surface area contributed by atoms with E-state index in [9.17, 15) is 0 Å². The lowest BCUT2D eigenvalue weighted by atomic mass is 9.62. The fourth-order valence-corrected chi connectivity index (χ4v) is 19.3. The van der Waals surface area contributed by atoms with Crippen LogP contribution in [-0.2, 0) is 4.74 Å². The average molecular weight is 718 g/mol. The summed E-state index contributed by atoms with van der Waals surface area (Å²) in [5.74, 6) is 10.2. The van der Waals surface area contributed by atoms with Gasteiger partial charge in [-0.25, -0.2) is 0 Å². The van der Waals surface area contributed by atoms with Crippen LogP contribution in [-0.4, -0.2) is 45.7 Å². The molecule has 0 aromatic rings. The minimum atomic E-state index is 0.625. The smallest absolute Gasteiger partial charge is 0.0621 e. The fraction of sp³-hybridized carbons (Fsp3) is 1.00. The number of rotatable bonds is 6. The highest BCUT2D eigenvalue weighted by Gasteiger charge is 2.60. The molecule has 8 aliphatic carbocycles. The first kappa shape index (κ1) is 35.7. The minimum Gasteiger partial charge on any atom is -0.374 e. The highest BCUT2D eigenvalue weighted by molar-refractivity contribution is 8.00. The van der Waals surface area contributed by atoms with Gasteiger partial charge in [0.05, 0.1) is 12.2 Å².